The number of benzene rings is 1. The standard InChI is InChI=1S/C18H26O2Si/c1-17(2,3)21(4,5)19-13-12-18-11-10-16(20-18)14-8-6-7-9-15(14)18/h6-11,16H,12-13H2,1-5H3/t16-,18?/m0/s1. The van der Waals surface area contributed by atoms with Crippen LogP contribution in [0.5, 0.6) is 0 Å². The molecule has 0 saturated carbocycles. The van der Waals surface area contributed by atoms with Crippen molar-refractivity contribution in [1.29, 1.82) is 0 Å². The van der Waals surface area contributed by atoms with Gasteiger partial charge in [-0.25, -0.2) is 0 Å². The summed E-state index contributed by atoms with van der Waals surface area (Å²) in [6.45, 7) is 12.2. The van der Waals surface area contributed by atoms with Gasteiger partial charge in [0.25, 0.3) is 0 Å². The summed E-state index contributed by atoms with van der Waals surface area (Å²) in [7, 11) is -1.68. The molecule has 2 bridgehead atoms. The van der Waals surface area contributed by atoms with E-state index in [-0.39, 0.29) is 16.7 Å². The molecule has 1 aromatic carbocycles. The second-order valence-electron chi connectivity index (χ2n) is 7.73. The number of ether oxygens (including phenoxy) is 1. The maximum Gasteiger partial charge on any atom is 0.191 e. The summed E-state index contributed by atoms with van der Waals surface area (Å²) in [6, 6.07) is 8.58. The lowest BCUT2D eigenvalue weighted by molar-refractivity contribution is -0.0172. The van der Waals surface area contributed by atoms with Crippen molar-refractivity contribution in [3.8, 4) is 0 Å². The summed E-state index contributed by atoms with van der Waals surface area (Å²) in [5, 5.41) is 0.257. The number of hydrogen-bond acceptors (Lipinski definition) is 2. The van der Waals surface area contributed by atoms with Crippen LogP contribution in [0, 0.1) is 0 Å². The Hall–Kier alpha value is -0.903. The van der Waals surface area contributed by atoms with E-state index in [9.17, 15) is 0 Å². The van der Waals surface area contributed by atoms with Crippen LogP contribution in [0.3, 0.4) is 0 Å². The SMILES string of the molecule is CC(C)(C)[Si](C)(C)OCCC12C=C[C@H](O1)c1ccccc12. The fourth-order valence-electron chi connectivity index (χ4n) is 2.95. The molecule has 0 amide bonds. The Kier molecular flexibility index (Phi) is 3.43. The van der Waals surface area contributed by atoms with Crippen LogP contribution in [0.25, 0.3) is 0 Å². The Balaban J connectivity index is 1.71. The molecule has 0 N–H and O–H groups in total. The minimum absolute atomic E-state index is 0.147. The van der Waals surface area contributed by atoms with Gasteiger partial charge in [0.15, 0.2) is 8.32 Å². The molecule has 0 aromatic heterocycles. The van der Waals surface area contributed by atoms with Crippen LogP contribution in [0.1, 0.15) is 44.4 Å². The van der Waals surface area contributed by atoms with E-state index in [2.05, 4.69) is 70.3 Å². The second kappa shape index (κ2) is 4.80. The average molecular weight is 302 g/mol. The third-order valence-electron chi connectivity index (χ3n) is 5.34. The van der Waals surface area contributed by atoms with E-state index < -0.39 is 8.32 Å². The topological polar surface area (TPSA) is 18.5 Å². The Labute approximate surface area is 129 Å². The first-order chi connectivity index (χ1) is 9.75. The average Bonchev–Trinajstić information content (AvgIpc) is 2.95. The zero-order valence-electron chi connectivity index (χ0n) is 13.8. The van der Waals surface area contributed by atoms with E-state index in [1.54, 1.807) is 0 Å². The Morgan fingerprint density at radius 3 is 2.67 bits per heavy atom. The largest absolute Gasteiger partial charge is 0.417 e. The molecule has 2 atom stereocenters. The molecule has 2 aliphatic rings. The van der Waals surface area contributed by atoms with Gasteiger partial charge in [-0.1, -0.05) is 51.1 Å². The minimum atomic E-state index is -1.68. The van der Waals surface area contributed by atoms with Crippen molar-refractivity contribution in [1.82, 2.24) is 0 Å². The smallest absolute Gasteiger partial charge is 0.191 e. The Morgan fingerprint density at radius 2 is 1.95 bits per heavy atom. The molecule has 3 heteroatoms. The maximum absolute atomic E-state index is 6.34. The van der Waals surface area contributed by atoms with E-state index in [4.69, 9.17) is 9.16 Å². The van der Waals surface area contributed by atoms with E-state index >= 15 is 0 Å². The molecule has 1 aromatic rings. The zero-order valence-corrected chi connectivity index (χ0v) is 14.8. The van der Waals surface area contributed by atoms with Gasteiger partial charge in [0.1, 0.15) is 11.7 Å². The monoisotopic (exact) mass is 302 g/mol. The van der Waals surface area contributed by atoms with Crippen LogP contribution < -0.4 is 0 Å². The first kappa shape index (κ1) is 15.0. The lowest BCUT2D eigenvalue weighted by Gasteiger charge is -2.37. The molecule has 114 valence electrons. The Morgan fingerprint density at radius 1 is 1.24 bits per heavy atom. The highest BCUT2D eigenvalue weighted by Crippen LogP contribution is 2.52. The molecular formula is C18H26O2Si. The first-order valence-corrected chi connectivity index (χ1v) is 10.8. The van der Waals surface area contributed by atoms with Crippen LogP contribution in [-0.2, 0) is 14.8 Å². The van der Waals surface area contributed by atoms with Gasteiger partial charge in [0.05, 0.1) is 0 Å². The molecule has 2 heterocycles. The van der Waals surface area contributed by atoms with Crippen molar-refractivity contribution < 1.29 is 9.16 Å². The second-order valence-corrected chi connectivity index (χ2v) is 12.5. The van der Waals surface area contributed by atoms with E-state index in [0.29, 0.717) is 0 Å². The molecular weight excluding hydrogens is 276 g/mol. The van der Waals surface area contributed by atoms with Crippen LogP contribution in [0.15, 0.2) is 36.4 Å². The quantitative estimate of drug-likeness (QED) is 0.579. The predicted molar refractivity (Wildman–Crippen MR) is 88.9 cm³/mol. The van der Waals surface area contributed by atoms with Crippen molar-refractivity contribution in [3.63, 3.8) is 0 Å². The van der Waals surface area contributed by atoms with Gasteiger partial charge in [-0.05, 0) is 35.3 Å². The van der Waals surface area contributed by atoms with Crippen molar-refractivity contribution in [2.24, 2.45) is 0 Å². The zero-order chi connectivity index (χ0) is 15.3. The van der Waals surface area contributed by atoms with Gasteiger partial charge in [0, 0.05) is 13.0 Å². The van der Waals surface area contributed by atoms with Crippen molar-refractivity contribution in [2.45, 2.75) is 57.0 Å². The first-order valence-electron chi connectivity index (χ1n) is 7.86. The van der Waals surface area contributed by atoms with Crippen LogP contribution in [0.4, 0.5) is 0 Å². The number of rotatable bonds is 4. The molecule has 0 spiro atoms. The summed E-state index contributed by atoms with van der Waals surface area (Å²) >= 11 is 0. The van der Waals surface area contributed by atoms with Crippen molar-refractivity contribution in [3.05, 3.63) is 47.5 Å². The number of hydrogen-bond donors (Lipinski definition) is 0. The molecule has 0 saturated heterocycles. The molecule has 21 heavy (non-hydrogen) atoms. The normalized spacial score (nSPS) is 27.2. The minimum Gasteiger partial charge on any atom is -0.417 e. The third kappa shape index (κ3) is 2.41. The van der Waals surface area contributed by atoms with Crippen LogP contribution >= 0.6 is 0 Å². The molecule has 1 unspecified atom stereocenters. The van der Waals surface area contributed by atoms with Gasteiger partial charge >= 0.3 is 0 Å². The van der Waals surface area contributed by atoms with E-state index in [0.717, 1.165) is 13.0 Å². The highest BCUT2D eigenvalue weighted by Gasteiger charge is 2.46. The molecule has 0 aliphatic carbocycles. The lowest BCUT2D eigenvalue weighted by atomic mass is 9.85. The van der Waals surface area contributed by atoms with Crippen molar-refractivity contribution >= 4 is 8.32 Å². The summed E-state index contributed by atoms with van der Waals surface area (Å²) in [4.78, 5) is 0. The van der Waals surface area contributed by atoms with E-state index in [1.165, 1.54) is 11.1 Å². The van der Waals surface area contributed by atoms with Crippen molar-refractivity contribution in [2.75, 3.05) is 6.61 Å². The molecule has 2 nitrogen and oxygen atoms in total. The van der Waals surface area contributed by atoms with Crippen LogP contribution in [-0.4, -0.2) is 14.9 Å². The Bertz CT molecular complexity index is 571. The predicted octanol–water partition coefficient (Wildman–Crippen LogP) is 4.93. The van der Waals surface area contributed by atoms with Gasteiger partial charge in [-0.3, -0.25) is 0 Å². The van der Waals surface area contributed by atoms with Crippen LogP contribution in [0.2, 0.25) is 18.1 Å². The summed E-state index contributed by atoms with van der Waals surface area (Å²) in [6.07, 6.45) is 5.47. The highest BCUT2D eigenvalue weighted by atomic mass is 28.4. The van der Waals surface area contributed by atoms with Gasteiger partial charge < -0.3 is 9.16 Å². The summed E-state index contributed by atoms with van der Waals surface area (Å²) < 4.78 is 12.6. The number of fused-ring (bicyclic) bond motifs is 5. The maximum atomic E-state index is 6.34. The third-order valence-corrected chi connectivity index (χ3v) is 9.88. The fraction of sp³-hybridized carbons (Fsp3) is 0.556. The molecule has 3 rings (SSSR count). The molecule has 0 radical (unpaired) electrons. The summed E-state index contributed by atoms with van der Waals surface area (Å²) in [5.41, 5.74) is 2.41. The fourth-order valence-corrected chi connectivity index (χ4v) is 4.00. The molecule has 2 aliphatic heterocycles. The van der Waals surface area contributed by atoms with E-state index in [1.807, 2.05) is 0 Å². The van der Waals surface area contributed by atoms with Gasteiger partial charge in [-0.15, -0.1) is 0 Å². The molecule has 0 fully saturated rings. The van der Waals surface area contributed by atoms with Gasteiger partial charge in [-0.2, -0.15) is 0 Å². The van der Waals surface area contributed by atoms with Gasteiger partial charge in [0.2, 0.25) is 0 Å². The highest BCUT2D eigenvalue weighted by molar-refractivity contribution is 6.74. The lowest BCUT2D eigenvalue weighted by Crippen LogP contribution is -2.41. The summed E-state index contributed by atoms with van der Waals surface area (Å²) in [5.74, 6) is 0.